The van der Waals surface area contributed by atoms with E-state index >= 15 is 0 Å². The molecule has 1 aliphatic rings. The number of hydrogen-bond donors (Lipinski definition) is 2. The van der Waals surface area contributed by atoms with Crippen LogP contribution in [0.4, 0.5) is 0 Å². The number of aromatic amines is 1. The van der Waals surface area contributed by atoms with Crippen molar-refractivity contribution in [1.82, 2.24) is 14.9 Å². The largest absolute Gasteiger partial charge is 0.330 e. The maximum Gasteiger partial charge on any atom is 0.330 e. The number of imidazole rings is 1. The molecule has 0 bridgehead atoms. The Morgan fingerprint density at radius 1 is 1.22 bits per heavy atom. The van der Waals surface area contributed by atoms with Crippen LogP contribution in [0.3, 0.4) is 0 Å². The van der Waals surface area contributed by atoms with Gasteiger partial charge in [-0.1, -0.05) is 12.1 Å². The van der Waals surface area contributed by atoms with Crippen molar-refractivity contribution < 1.29 is 0 Å². The number of aromatic nitrogens is 2. The zero-order valence-electron chi connectivity index (χ0n) is 10.2. The highest BCUT2D eigenvalue weighted by atomic mass is 16.1. The molecule has 0 amide bonds. The summed E-state index contributed by atoms with van der Waals surface area (Å²) in [6.45, 7) is 2.16. The second-order valence-electron chi connectivity index (χ2n) is 4.75. The summed E-state index contributed by atoms with van der Waals surface area (Å²) in [7, 11) is 0. The second-order valence-corrected chi connectivity index (χ2v) is 4.75. The standard InChI is InChI=1S/C14H17N3O/c18-14-16-8-9-17(14)13-3-1-2-12(10-13)11-4-6-15-7-5-11/h1-3,8-11,15H,4-7H2,(H,16,18). The Morgan fingerprint density at radius 3 is 2.78 bits per heavy atom. The van der Waals surface area contributed by atoms with Crippen LogP contribution in [-0.4, -0.2) is 22.6 Å². The Kier molecular flexibility index (Phi) is 3.02. The molecule has 0 aliphatic carbocycles. The van der Waals surface area contributed by atoms with Gasteiger partial charge in [0.1, 0.15) is 0 Å². The van der Waals surface area contributed by atoms with Gasteiger partial charge in [-0.05, 0) is 49.5 Å². The lowest BCUT2D eigenvalue weighted by Crippen LogP contribution is -2.26. The van der Waals surface area contributed by atoms with E-state index in [4.69, 9.17) is 0 Å². The Labute approximate surface area is 106 Å². The molecule has 2 aromatic rings. The summed E-state index contributed by atoms with van der Waals surface area (Å²) >= 11 is 0. The monoisotopic (exact) mass is 243 g/mol. The molecule has 4 nitrogen and oxygen atoms in total. The Hall–Kier alpha value is -1.81. The molecule has 4 heteroatoms. The van der Waals surface area contributed by atoms with E-state index in [1.165, 1.54) is 18.4 Å². The van der Waals surface area contributed by atoms with E-state index in [9.17, 15) is 4.79 Å². The van der Waals surface area contributed by atoms with Gasteiger partial charge in [-0.3, -0.25) is 4.57 Å². The van der Waals surface area contributed by atoms with Gasteiger partial charge in [0.15, 0.2) is 0 Å². The van der Waals surface area contributed by atoms with Gasteiger partial charge in [-0.15, -0.1) is 0 Å². The van der Waals surface area contributed by atoms with Crippen LogP contribution in [0.15, 0.2) is 41.5 Å². The summed E-state index contributed by atoms with van der Waals surface area (Å²) in [6, 6.07) is 8.30. The number of nitrogens with zero attached hydrogens (tertiary/aromatic N) is 1. The minimum absolute atomic E-state index is 0.0857. The topological polar surface area (TPSA) is 49.8 Å². The summed E-state index contributed by atoms with van der Waals surface area (Å²) in [6.07, 6.45) is 5.78. The molecule has 94 valence electrons. The summed E-state index contributed by atoms with van der Waals surface area (Å²) in [5, 5.41) is 3.38. The van der Waals surface area contributed by atoms with Crippen molar-refractivity contribution in [3.8, 4) is 5.69 Å². The average molecular weight is 243 g/mol. The van der Waals surface area contributed by atoms with Crippen LogP contribution in [0.25, 0.3) is 5.69 Å². The highest BCUT2D eigenvalue weighted by Gasteiger charge is 2.15. The second kappa shape index (κ2) is 4.82. The third kappa shape index (κ3) is 2.11. The predicted molar refractivity (Wildman–Crippen MR) is 71.2 cm³/mol. The molecule has 1 fully saturated rings. The molecule has 0 unspecified atom stereocenters. The summed E-state index contributed by atoms with van der Waals surface area (Å²) in [5.74, 6) is 0.612. The smallest absolute Gasteiger partial charge is 0.317 e. The third-order valence-corrected chi connectivity index (χ3v) is 3.61. The molecule has 1 aromatic heterocycles. The van der Waals surface area contributed by atoms with E-state index in [2.05, 4.69) is 22.4 Å². The van der Waals surface area contributed by atoms with Crippen LogP contribution < -0.4 is 11.0 Å². The van der Waals surface area contributed by atoms with Gasteiger partial charge >= 0.3 is 5.69 Å². The minimum Gasteiger partial charge on any atom is -0.317 e. The van der Waals surface area contributed by atoms with Crippen molar-refractivity contribution in [1.29, 1.82) is 0 Å². The van der Waals surface area contributed by atoms with Crippen molar-refractivity contribution in [2.75, 3.05) is 13.1 Å². The molecule has 2 N–H and O–H groups in total. The van der Waals surface area contributed by atoms with E-state index in [1.54, 1.807) is 17.0 Å². The first-order valence-corrected chi connectivity index (χ1v) is 6.42. The van der Waals surface area contributed by atoms with Gasteiger partial charge in [0, 0.05) is 12.4 Å². The van der Waals surface area contributed by atoms with E-state index < -0.39 is 0 Å². The van der Waals surface area contributed by atoms with Crippen LogP contribution in [0.1, 0.15) is 24.3 Å². The Morgan fingerprint density at radius 2 is 2.06 bits per heavy atom. The zero-order valence-corrected chi connectivity index (χ0v) is 10.2. The van der Waals surface area contributed by atoms with Crippen molar-refractivity contribution >= 4 is 0 Å². The number of benzene rings is 1. The van der Waals surface area contributed by atoms with Crippen LogP contribution >= 0.6 is 0 Å². The fraction of sp³-hybridized carbons (Fsp3) is 0.357. The summed E-state index contributed by atoms with van der Waals surface area (Å²) in [5.41, 5.74) is 2.19. The van der Waals surface area contributed by atoms with Crippen LogP contribution in [0.5, 0.6) is 0 Å². The molecule has 1 aliphatic heterocycles. The van der Waals surface area contributed by atoms with Gasteiger partial charge < -0.3 is 10.3 Å². The molecule has 3 rings (SSSR count). The molecular formula is C14H17N3O. The first kappa shape index (κ1) is 11.3. The van der Waals surface area contributed by atoms with Gasteiger partial charge in [0.05, 0.1) is 5.69 Å². The van der Waals surface area contributed by atoms with Crippen LogP contribution in [-0.2, 0) is 0 Å². The van der Waals surface area contributed by atoms with Crippen molar-refractivity contribution in [2.45, 2.75) is 18.8 Å². The van der Waals surface area contributed by atoms with Crippen molar-refractivity contribution in [2.24, 2.45) is 0 Å². The molecule has 0 radical (unpaired) electrons. The first-order chi connectivity index (χ1) is 8.84. The number of hydrogen-bond acceptors (Lipinski definition) is 2. The van der Waals surface area contributed by atoms with Gasteiger partial charge in [0.2, 0.25) is 0 Å². The van der Waals surface area contributed by atoms with E-state index in [0.717, 1.165) is 18.8 Å². The molecule has 0 saturated carbocycles. The quantitative estimate of drug-likeness (QED) is 0.842. The molecule has 18 heavy (non-hydrogen) atoms. The predicted octanol–water partition coefficient (Wildman–Crippen LogP) is 1.63. The highest BCUT2D eigenvalue weighted by Crippen LogP contribution is 2.26. The molecule has 0 atom stereocenters. The minimum atomic E-state index is -0.0857. The maximum atomic E-state index is 11.6. The Bertz CT molecular complexity index is 578. The van der Waals surface area contributed by atoms with Crippen molar-refractivity contribution in [3.05, 3.63) is 52.7 Å². The zero-order chi connectivity index (χ0) is 12.4. The molecular weight excluding hydrogens is 226 g/mol. The van der Waals surface area contributed by atoms with Gasteiger partial charge in [-0.25, -0.2) is 4.79 Å². The fourth-order valence-electron chi connectivity index (χ4n) is 2.61. The van der Waals surface area contributed by atoms with Crippen LogP contribution in [0.2, 0.25) is 0 Å². The Balaban J connectivity index is 1.94. The highest BCUT2D eigenvalue weighted by molar-refractivity contribution is 5.37. The van der Waals surface area contributed by atoms with E-state index in [1.807, 2.05) is 12.1 Å². The number of H-pyrrole nitrogens is 1. The summed E-state index contributed by atoms with van der Waals surface area (Å²) < 4.78 is 1.64. The third-order valence-electron chi connectivity index (χ3n) is 3.61. The molecule has 1 saturated heterocycles. The first-order valence-electron chi connectivity index (χ1n) is 6.42. The average Bonchev–Trinajstić information content (AvgIpc) is 2.86. The lowest BCUT2D eigenvalue weighted by molar-refractivity contribution is 0.460. The molecule has 0 spiro atoms. The maximum absolute atomic E-state index is 11.6. The van der Waals surface area contributed by atoms with Crippen LogP contribution in [0, 0.1) is 0 Å². The normalized spacial score (nSPS) is 16.9. The molecule has 1 aromatic carbocycles. The van der Waals surface area contributed by atoms with E-state index in [0.29, 0.717) is 5.92 Å². The van der Waals surface area contributed by atoms with Gasteiger partial charge in [-0.2, -0.15) is 0 Å². The van der Waals surface area contributed by atoms with E-state index in [-0.39, 0.29) is 5.69 Å². The lowest BCUT2D eigenvalue weighted by atomic mass is 9.90. The van der Waals surface area contributed by atoms with Gasteiger partial charge in [0.25, 0.3) is 0 Å². The lowest BCUT2D eigenvalue weighted by Gasteiger charge is -2.23. The van der Waals surface area contributed by atoms with Crippen molar-refractivity contribution in [3.63, 3.8) is 0 Å². The summed E-state index contributed by atoms with van der Waals surface area (Å²) in [4.78, 5) is 14.3. The number of nitrogens with one attached hydrogen (secondary N) is 2. The SMILES string of the molecule is O=c1[nH]ccn1-c1cccc(C2CCNCC2)c1. The number of piperidine rings is 1. The fourth-order valence-corrected chi connectivity index (χ4v) is 2.61. The number of rotatable bonds is 2. The molecule has 2 heterocycles.